The summed E-state index contributed by atoms with van der Waals surface area (Å²) >= 11 is 0. The lowest BCUT2D eigenvalue weighted by Gasteiger charge is -2.61. The number of aliphatic hydroxyl groups excluding tert-OH is 2. The van der Waals surface area contributed by atoms with Crippen LogP contribution in [0.4, 0.5) is 0 Å². The average molecular weight is 348 g/mol. The van der Waals surface area contributed by atoms with Crippen LogP contribution in [0.3, 0.4) is 0 Å². The van der Waals surface area contributed by atoms with Crippen LogP contribution in [-0.4, -0.2) is 34.5 Å². The second-order valence-corrected chi connectivity index (χ2v) is 9.85. The molecule has 0 saturated heterocycles. The summed E-state index contributed by atoms with van der Waals surface area (Å²) in [5.74, 6) is 1.86. The van der Waals surface area contributed by atoms with E-state index < -0.39 is 0 Å². The summed E-state index contributed by atoms with van der Waals surface area (Å²) in [6.45, 7) is 4.12. The van der Waals surface area contributed by atoms with E-state index >= 15 is 0 Å². The molecular formula is C21H32O4. The quantitative estimate of drug-likeness (QED) is 0.805. The molecule has 0 aromatic heterocycles. The van der Waals surface area contributed by atoms with Gasteiger partial charge in [-0.1, -0.05) is 13.8 Å². The summed E-state index contributed by atoms with van der Waals surface area (Å²) in [6.07, 6.45) is 6.62. The molecule has 4 nitrogen and oxygen atoms in total. The Morgan fingerprint density at radius 3 is 2.64 bits per heavy atom. The van der Waals surface area contributed by atoms with Gasteiger partial charge in [0, 0.05) is 18.8 Å². The van der Waals surface area contributed by atoms with E-state index in [9.17, 15) is 19.8 Å². The molecule has 0 spiro atoms. The van der Waals surface area contributed by atoms with Gasteiger partial charge < -0.3 is 10.2 Å². The van der Waals surface area contributed by atoms with Gasteiger partial charge in [-0.05, 0) is 73.0 Å². The lowest BCUT2D eigenvalue weighted by Crippen LogP contribution is -2.59. The van der Waals surface area contributed by atoms with Crippen molar-refractivity contribution in [3.63, 3.8) is 0 Å². The Kier molecular flexibility index (Phi) is 4.16. The highest BCUT2D eigenvalue weighted by atomic mass is 16.3. The first-order valence-electron chi connectivity index (χ1n) is 10.1. The van der Waals surface area contributed by atoms with E-state index in [1.165, 1.54) is 0 Å². The molecule has 4 heteroatoms. The Bertz CT molecular complexity index is 586. The number of hydrogen-bond acceptors (Lipinski definition) is 4. The molecule has 4 rings (SSSR count). The topological polar surface area (TPSA) is 74.6 Å². The van der Waals surface area contributed by atoms with Gasteiger partial charge in [0.1, 0.15) is 12.4 Å². The van der Waals surface area contributed by atoms with E-state index in [1.54, 1.807) is 0 Å². The first kappa shape index (κ1) is 17.7. The zero-order valence-corrected chi connectivity index (χ0v) is 15.5. The number of fused-ring (bicyclic) bond motifs is 5. The van der Waals surface area contributed by atoms with Gasteiger partial charge in [0.15, 0.2) is 5.78 Å². The molecule has 8 atom stereocenters. The van der Waals surface area contributed by atoms with Gasteiger partial charge in [0.2, 0.25) is 0 Å². The molecule has 25 heavy (non-hydrogen) atoms. The van der Waals surface area contributed by atoms with Gasteiger partial charge in [-0.25, -0.2) is 0 Å². The molecule has 0 amide bonds. The number of carbonyl (C=O) groups is 2. The molecule has 4 aliphatic rings. The second-order valence-electron chi connectivity index (χ2n) is 9.85. The Morgan fingerprint density at radius 1 is 1.16 bits per heavy atom. The number of rotatable bonds is 2. The Hall–Kier alpha value is -0.740. The highest BCUT2D eigenvalue weighted by molar-refractivity contribution is 5.83. The van der Waals surface area contributed by atoms with Crippen LogP contribution < -0.4 is 0 Å². The van der Waals surface area contributed by atoms with Crippen molar-refractivity contribution in [3.8, 4) is 0 Å². The minimum absolute atomic E-state index is 0.0428. The predicted molar refractivity (Wildman–Crippen MR) is 93.7 cm³/mol. The normalized spacial score (nSPS) is 52.2. The monoisotopic (exact) mass is 348 g/mol. The molecular weight excluding hydrogens is 316 g/mol. The third-order valence-electron chi connectivity index (χ3n) is 8.95. The molecule has 2 N–H and O–H groups in total. The third-order valence-corrected chi connectivity index (χ3v) is 8.95. The van der Waals surface area contributed by atoms with E-state index in [4.69, 9.17) is 0 Å². The van der Waals surface area contributed by atoms with Gasteiger partial charge in [0.25, 0.3) is 0 Å². The molecule has 0 aliphatic heterocycles. The van der Waals surface area contributed by atoms with Crippen molar-refractivity contribution in [2.45, 2.75) is 71.3 Å². The number of hydrogen-bond donors (Lipinski definition) is 2. The molecule has 0 aromatic carbocycles. The fourth-order valence-corrected chi connectivity index (χ4v) is 7.81. The van der Waals surface area contributed by atoms with Crippen molar-refractivity contribution in [2.75, 3.05) is 6.61 Å². The van der Waals surface area contributed by atoms with E-state index in [1.807, 2.05) is 0 Å². The van der Waals surface area contributed by atoms with Gasteiger partial charge in [-0.2, -0.15) is 0 Å². The maximum absolute atomic E-state index is 12.3. The van der Waals surface area contributed by atoms with Crippen LogP contribution in [0.15, 0.2) is 0 Å². The molecule has 4 saturated carbocycles. The van der Waals surface area contributed by atoms with Crippen molar-refractivity contribution >= 4 is 11.6 Å². The van der Waals surface area contributed by atoms with Crippen LogP contribution in [0, 0.1) is 40.4 Å². The molecule has 0 bridgehead atoms. The molecule has 1 unspecified atom stereocenters. The molecule has 4 fully saturated rings. The number of Topliss-reactive ketones (excluding diaryl/α,β-unsaturated/α-hetero) is 2. The zero-order valence-electron chi connectivity index (χ0n) is 15.5. The van der Waals surface area contributed by atoms with Crippen molar-refractivity contribution in [2.24, 2.45) is 40.4 Å². The predicted octanol–water partition coefficient (Wildman–Crippen LogP) is 2.75. The van der Waals surface area contributed by atoms with Crippen LogP contribution in [0.25, 0.3) is 0 Å². The largest absolute Gasteiger partial charge is 0.393 e. The molecule has 140 valence electrons. The fraction of sp³-hybridized carbons (Fsp3) is 0.905. The summed E-state index contributed by atoms with van der Waals surface area (Å²) in [5, 5.41) is 20.6. The highest BCUT2D eigenvalue weighted by Crippen LogP contribution is 2.67. The van der Waals surface area contributed by atoms with Gasteiger partial charge in [0.05, 0.1) is 6.10 Å². The minimum Gasteiger partial charge on any atom is -0.393 e. The van der Waals surface area contributed by atoms with E-state index in [-0.39, 0.29) is 41.2 Å². The van der Waals surface area contributed by atoms with E-state index in [0.29, 0.717) is 42.8 Å². The van der Waals surface area contributed by atoms with Crippen molar-refractivity contribution < 1.29 is 19.8 Å². The second kappa shape index (κ2) is 5.88. The molecule has 0 heterocycles. The van der Waals surface area contributed by atoms with Gasteiger partial charge >= 0.3 is 0 Å². The highest BCUT2D eigenvalue weighted by Gasteiger charge is 2.63. The zero-order chi connectivity index (χ0) is 18.0. The van der Waals surface area contributed by atoms with Gasteiger partial charge in [-0.3, -0.25) is 9.59 Å². The molecule has 4 aliphatic carbocycles. The summed E-state index contributed by atoms with van der Waals surface area (Å²) in [7, 11) is 0. The average Bonchev–Trinajstić information content (AvgIpc) is 2.91. The smallest absolute Gasteiger partial charge is 0.161 e. The van der Waals surface area contributed by atoms with Crippen molar-refractivity contribution in [3.05, 3.63) is 0 Å². The SMILES string of the molecule is C[C@]12C[C@@H](O)[C@H]3[C@@H](CCC4CC(=O)CC[C@@]43C)[C@@H]1CC[C@@H]2C(=O)CO. The summed E-state index contributed by atoms with van der Waals surface area (Å²) in [6, 6.07) is 0. The first-order chi connectivity index (χ1) is 11.8. The fourth-order valence-electron chi connectivity index (χ4n) is 7.81. The van der Waals surface area contributed by atoms with Crippen LogP contribution in [0.1, 0.15) is 65.2 Å². The lowest BCUT2D eigenvalue weighted by molar-refractivity contribution is -0.174. The van der Waals surface area contributed by atoms with E-state index in [0.717, 1.165) is 32.1 Å². The summed E-state index contributed by atoms with van der Waals surface area (Å²) < 4.78 is 0. The number of carbonyl (C=O) groups excluding carboxylic acids is 2. The lowest BCUT2D eigenvalue weighted by atomic mass is 9.44. The Labute approximate surface area is 150 Å². The van der Waals surface area contributed by atoms with Crippen LogP contribution in [-0.2, 0) is 9.59 Å². The number of aliphatic hydroxyl groups is 2. The van der Waals surface area contributed by atoms with Gasteiger partial charge in [-0.15, -0.1) is 0 Å². The Balaban J connectivity index is 1.66. The molecule has 0 aromatic rings. The Morgan fingerprint density at radius 2 is 1.92 bits per heavy atom. The molecule has 0 radical (unpaired) electrons. The van der Waals surface area contributed by atoms with Crippen molar-refractivity contribution in [1.29, 1.82) is 0 Å². The third kappa shape index (κ3) is 2.39. The van der Waals surface area contributed by atoms with E-state index in [2.05, 4.69) is 13.8 Å². The number of ketones is 2. The van der Waals surface area contributed by atoms with Crippen molar-refractivity contribution in [1.82, 2.24) is 0 Å². The van der Waals surface area contributed by atoms with Crippen LogP contribution in [0.2, 0.25) is 0 Å². The van der Waals surface area contributed by atoms with Crippen LogP contribution >= 0.6 is 0 Å². The standard InChI is InChI=1S/C21H32O4/c1-20-8-7-13(23)9-12(20)3-4-14-15-5-6-16(18(25)11-22)21(15,2)10-17(24)19(14)20/h12,14-17,19,22,24H,3-11H2,1-2H3/t12?,14-,15-,16+,17+,19+,20-,21-/m0/s1. The summed E-state index contributed by atoms with van der Waals surface area (Å²) in [4.78, 5) is 24.3. The maximum Gasteiger partial charge on any atom is 0.161 e. The maximum atomic E-state index is 12.3. The minimum atomic E-state index is -0.389. The van der Waals surface area contributed by atoms with Crippen LogP contribution in [0.5, 0.6) is 0 Å². The summed E-state index contributed by atoms with van der Waals surface area (Å²) in [5.41, 5.74) is -0.106. The first-order valence-corrected chi connectivity index (χ1v) is 10.1.